The highest BCUT2D eigenvalue weighted by atomic mass is 32.2. The van der Waals surface area contributed by atoms with Gasteiger partial charge < -0.3 is 13.9 Å². The zero-order chi connectivity index (χ0) is 42.3. The topological polar surface area (TPSA) is 192 Å². The van der Waals surface area contributed by atoms with E-state index >= 15 is 0 Å². The van der Waals surface area contributed by atoms with Crippen LogP contribution >= 0.6 is 23.9 Å². The van der Waals surface area contributed by atoms with Crippen molar-refractivity contribution in [2.75, 3.05) is 14.8 Å². The van der Waals surface area contributed by atoms with Crippen molar-refractivity contribution in [2.24, 2.45) is 0 Å². The molecule has 302 valence electrons. The van der Waals surface area contributed by atoms with Gasteiger partial charge in [0.1, 0.15) is 11.5 Å². The second-order valence-electron chi connectivity index (χ2n) is 13.3. The summed E-state index contributed by atoms with van der Waals surface area (Å²) in [4.78, 5) is 20.6. The molecular weight excluding hydrogens is 852 g/mol. The van der Waals surface area contributed by atoms with Crippen LogP contribution in [0.25, 0.3) is 32.7 Å². The zero-order valence-corrected chi connectivity index (χ0v) is 35.9. The first-order chi connectivity index (χ1) is 28.0. The van der Waals surface area contributed by atoms with Gasteiger partial charge in [0.25, 0.3) is 20.0 Å². The van der Waals surface area contributed by atoms with Gasteiger partial charge in [-0.3, -0.25) is 10.1 Å². The fourth-order valence-corrected chi connectivity index (χ4v) is 14.2. The summed E-state index contributed by atoms with van der Waals surface area (Å²) < 4.78 is 90.7. The van der Waals surface area contributed by atoms with E-state index < -0.39 is 35.5 Å². The maximum absolute atomic E-state index is 13.6. The molecular formula is C41H36N3O10P3S2. The third-order valence-corrected chi connectivity index (χ3v) is 17.2. The van der Waals surface area contributed by atoms with Crippen molar-refractivity contribution in [1.29, 1.82) is 5.16 Å². The SMILES string of the molecule is CP=N.Cc1ccc(S(=O)(=O)N2c3ccccc3N(S(=O)(=O)c3ccc(C)cc3)P2(=O)O)cc1.O=P1(O)Oc2ccc3ccccc3c2-c2c(ccc3ccccc23)O1. The number of benzene rings is 7. The second-order valence-corrected chi connectivity index (χ2v) is 21.0. The average molecular weight is 888 g/mol. The minimum atomic E-state index is -5.15. The smallest absolute Gasteiger partial charge is 0.395 e. The lowest BCUT2D eigenvalue weighted by atomic mass is 9.92. The molecule has 0 fully saturated rings. The molecule has 2 aliphatic rings. The molecule has 0 bridgehead atoms. The highest BCUT2D eigenvalue weighted by molar-refractivity contribution is 8.07. The van der Waals surface area contributed by atoms with Gasteiger partial charge in [-0.15, -0.1) is 0 Å². The lowest BCUT2D eigenvalue weighted by molar-refractivity contribution is 0.294. The molecule has 0 saturated carbocycles. The molecule has 7 aromatic carbocycles. The molecule has 0 atom stereocenters. The van der Waals surface area contributed by atoms with Crippen LogP contribution in [-0.2, 0) is 29.2 Å². The highest BCUT2D eigenvalue weighted by Gasteiger charge is 2.56. The molecule has 0 aromatic heterocycles. The summed E-state index contributed by atoms with van der Waals surface area (Å²) in [5.41, 5.74) is 2.77. The Balaban J connectivity index is 0.000000171. The van der Waals surface area contributed by atoms with E-state index in [0.717, 1.165) is 43.8 Å². The summed E-state index contributed by atoms with van der Waals surface area (Å²) in [6.45, 7) is 5.31. The van der Waals surface area contributed by atoms with Crippen molar-refractivity contribution in [2.45, 2.75) is 23.6 Å². The van der Waals surface area contributed by atoms with Gasteiger partial charge in [0.2, 0.25) is 0 Å². The molecule has 0 saturated heterocycles. The largest absolute Gasteiger partial charge is 0.584 e. The van der Waals surface area contributed by atoms with Gasteiger partial charge in [0.15, 0.2) is 0 Å². The summed E-state index contributed by atoms with van der Waals surface area (Å²) >= 11 is 0. The van der Waals surface area contributed by atoms with Crippen molar-refractivity contribution in [3.63, 3.8) is 0 Å². The Morgan fingerprint density at radius 1 is 0.542 bits per heavy atom. The molecule has 18 heteroatoms. The van der Waals surface area contributed by atoms with Crippen LogP contribution in [0.2, 0.25) is 0 Å². The standard InChI is InChI=1S/C20H19N2O6PS2.C20H13O4P.CH4NP/c1-15-7-11-17(12-8-15)30(25,26)21-19-5-3-4-6-20(19)22(29(21,23)24)31(27,28)18-13-9-16(2)10-14-18;21-25(22)23-17-11-9-13-5-1-3-7-15(13)19(17)20-16-8-4-2-6-14(16)10-12-18(20)24-25;1-3-2/h3-14H,1-2H3,(H,23,24);1-12H,(H,21,22);2H,1H3. The third kappa shape index (κ3) is 7.79. The van der Waals surface area contributed by atoms with Crippen LogP contribution in [0.15, 0.2) is 155 Å². The number of rotatable bonds is 4. The fourth-order valence-electron chi connectivity index (χ4n) is 6.74. The minimum absolute atomic E-state index is 0.190. The first-order valence-corrected chi connectivity index (χ1v) is 25.0. The first kappa shape index (κ1) is 41.8. The van der Waals surface area contributed by atoms with Gasteiger partial charge in [-0.1, -0.05) is 108 Å². The molecule has 0 aliphatic carbocycles. The Labute approximate surface area is 343 Å². The predicted octanol–water partition coefficient (Wildman–Crippen LogP) is 10.7. The molecule has 7 aromatic rings. The number of fused-ring (bicyclic) bond motifs is 8. The summed E-state index contributed by atoms with van der Waals surface area (Å²) in [6, 6.07) is 40.0. The van der Waals surface area contributed by atoms with Crippen LogP contribution < -0.4 is 17.2 Å². The van der Waals surface area contributed by atoms with E-state index in [2.05, 4.69) is 0 Å². The number of phosphoric ester groups is 1. The zero-order valence-electron chi connectivity index (χ0n) is 31.6. The van der Waals surface area contributed by atoms with E-state index in [9.17, 15) is 35.8 Å². The Morgan fingerprint density at radius 3 is 1.25 bits per heavy atom. The van der Waals surface area contributed by atoms with Crippen molar-refractivity contribution < 1.29 is 44.8 Å². The molecule has 0 spiro atoms. The van der Waals surface area contributed by atoms with Crippen molar-refractivity contribution in [3.05, 3.63) is 157 Å². The Kier molecular flexibility index (Phi) is 11.3. The van der Waals surface area contributed by atoms with Crippen LogP contribution in [0.4, 0.5) is 11.4 Å². The number of hydrogen-bond acceptors (Lipinski definition) is 9. The number of nitrogens with zero attached hydrogens (tertiary/aromatic N) is 2. The van der Waals surface area contributed by atoms with Crippen molar-refractivity contribution >= 4 is 76.8 Å². The van der Waals surface area contributed by atoms with Crippen molar-refractivity contribution in [3.8, 4) is 22.6 Å². The van der Waals surface area contributed by atoms with Gasteiger partial charge in [-0.05, 0) is 99.0 Å². The predicted molar refractivity (Wildman–Crippen MR) is 231 cm³/mol. The normalized spacial score (nSPS) is 14.9. The van der Waals surface area contributed by atoms with Crippen LogP contribution in [0.5, 0.6) is 11.5 Å². The van der Waals surface area contributed by atoms with E-state index in [1.807, 2.05) is 60.7 Å². The van der Waals surface area contributed by atoms with Gasteiger partial charge in [0.05, 0.1) is 21.2 Å². The maximum Gasteiger partial charge on any atom is 0.584 e. The van der Waals surface area contributed by atoms with Crippen molar-refractivity contribution in [1.82, 2.24) is 0 Å². The Morgan fingerprint density at radius 2 is 0.881 bits per heavy atom. The highest BCUT2D eigenvalue weighted by Crippen LogP contribution is 2.66. The quantitative estimate of drug-likeness (QED) is 0.143. The lowest BCUT2D eigenvalue weighted by Gasteiger charge is -2.26. The van der Waals surface area contributed by atoms with E-state index in [0.29, 0.717) is 28.0 Å². The summed E-state index contributed by atoms with van der Waals surface area (Å²) in [7, 11) is -17.8. The van der Waals surface area contributed by atoms with Crippen LogP contribution in [0.3, 0.4) is 0 Å². The Bertz CT molecular complexity index is 2900. The number of aryl methyl sites for hydroxylation is 2. The number of anilines is 2. The number of phosphoric acid groups is 1. The molecule has 0 unspecified atom stereocenters. The Hall–Kier alpha value is -5.36. The minimum Gasteiger partial charge on any atom is -0.395 e. The van der Waals surface area contributed by atoms with E-state index in [-0.39, 0.29) is 21.2 Å². The third-order valence-electron chi connectivity index (χ3n) is 9.32. The number of hydrogen-bond donors (Lipinski definition) is 3. The number of nitrogens with one attached hydrogen (secondary N) is 1. The maximum atomic E-state index is 13.6. The van der Waals surface area contributed by atoms with E-state index in [4.69, 9.17) is 14.2 Å². The van der Waals surface area contributed by atoms with Crippen LogP contribution in [0.1, 0.15) is 11.1 Å². The fraction of sp³-hybridized carbons (Fsp3) is 0.0732. The molecule has 13 nitrogen and oxygen atoms in total. The van der Waals surface area contributed by atoms with Gasteiger partial charge >= 0.3 is 15.5 Å². The van der Waals surface area contributed by atoms with E-state index in [1.54, 1.807) is 56.9 Å². The summed E-state index contributed by atoms with van der Waals surface area (Å²) in [6.07, 6.45) is 0. The first-order valence-electron chi connectivity index (χ1n) is 17.7. The number of para-hydroxylation sites is 2. The molecule has 59 heavy (non-hydrogen) atoms. The average Bonchev–Trinajstić information content (AvgIpc) is 3.37. The monoisotopic (exact) mass is 887 g/mol. The summed E-state index contributed by atoms with van der Waals surface area (Å²) in [5.74, 6) is 0.694. The molecule has 9 rings (SSSR count). The van der Waals surface area contributed by atoms with Gasteiger partial charge in [-0.25, -0.2) is 26.0 Å². The second kappa shape index (κ2) is 16.0. The van der Waals surface area contributed by atoms with Crippen LogP contribution in [0, 0.1) is 19.0 Å². The molecule has 3 N–H and O–H groups in total. The van der Waals surface area contributed by atoms with Crippen LogP contribution in [-0.4, -0.2) is 33.3 Å². The lowest BCUT2D eigenvalue weighted by Crippen LogP contribution is -2.33. The van der Waals surface area contributed by atoms with Gasteiger partial charge in [0, 0.05) is 11.1 Å². The molecule has 2 aliphatic heterocycles. The summed E-state index contributed by atoms with van der Waals surface area (Å²) in [5, 5.41) is 10.1. The molecule has 2 heterocycles. The van der Waals surface area contributed by atoms with Gasteiger partial charge in [-0.2, -0.15) is 8.15 Å². The molecule has 0 radical (unpaired) electrons. The number of sulfonamides is 2. The van der Waals surface area contributed by atoms with E-state index in [1.165, 1.54) is 48.5 Å². The molecule has 0 amide bonds.